The molecule has 1 aromatic heterocycles. The molecule has 3 aliphatic rings. The minimum absolute atomic E-state index is 0.272. The summed E-state index contributed by atoms with van der Waals surface area (Å²) in [6.45, 7) is 8.81. The molecule has 3 heterocycles. The number of nitrogens with zero attached hydrogens (tertiary/aromatic N) is 3. The average Bonchev–Trinajstić information content (AvgIpc) is 3.17. The van der Waals surface area contributed by atoms with Gasteiger partial charge in [0.15, 0.2) is 0 Å². The number of aromatic nitrogens is 2. The second-order valence-corrected chi connectivity index (χ2v) is 9.29. The van der Waals surface area contributed by atoms with Gasteiger partial charge in [0.05, 0.1) is 24.4 Å². The van der Waals surface area contributed by atoms with Crippen LogP contribution in [0.5, 0.6) is 0 Å². The predicted molar refractivity (Wildman–Crippen MR) is 116 cm³/mol. The molecule has 2 aliphatic heterocycles. The van der Waals surface area contributed by atoms with Crippen LogP contribution in [0.4, 0.5) is 4.79 Å². The first-order valence-corrected chi connectivity index (χ1v) is 10.8. The van der Waals surface area contributed by atoms with Gasteiger partial charge in [-0.3, -0.25) is 4.90 Å². The van der Waals surface area contributed by atoms with E-state index >= 15 is 0 Å². The molecule has 4 rings (SSSR count). The Kier molecular flexibility index (Phi) is 6.06. The Hall–Kier alpha value is -2.78. The normalized spacial score (nSPS) is 21.9. The standard InChI is InChI=1S/C22H30N6O3/c1-22(2,3)30-21(29)28-12-17(13-28)25-11-16-5-4-15(10-18(16)23)19-26-20(31-27-19)14-6-8-24-9-7-14/h4-5,10-11,14,17,23-25H,6-9,12-13H2,1-3H3/p+1/b16-11-,23-18?. The van der Waals surface area contributed by atoms with Gasteiger partial charge in [0, 0.05) is 11.5 Å². The van der Waals surface area contributed by atoms with Gasteiger partial charge in [-0.15, -0.1) is 0 Å². The van der Waals surface area contributed by atoms with E-state index in [0.29, 0.717) is 36.4 Å². The number of rotatable bonds is 4. The number of carbonyl (C=O) groups excluding carboxylic acids is 1. The Morgan fingerprint density at radius 3 is 2.74 bits per heavy atom. The Balaban J connectivity index is 1.29. The van der Waals surface area contributed by atoms with Crippen LogP contribution in [0.1, 0.15) is 51.2 Å². The Morgan fingerprint density at radius 1 is 1.32 bits per heavy atom. The fraction of sp³-hybridized carbons (Fsp3) is 0.545. The summed E-state index contributed by atoms with van der Waals surface area (Å²) >= 11 is 0. The van der Waals surface area contributed by atoms with Gasteiger partial charge in [-0.25, -0.2) is 4.79 Å². The summed E-state index contributed by atoms with van der Waals surface area (Å²) in [6.07, 6.45) is 9.27. The lowest BCUT2D eigenvalue weighted by molar-refractivity contribution is -0.638. The number of likely N-dealkylation sites (tertiary alicyclic amines) is 1. The molecule has 0 bridgehead atoms. The highest BCUT2D eigenvalue weighted by molar-refractivity contribution is 6.14. The zero-order valence-electron chi connectivity index (χ0n) is 18.4. The van der Waals surface area contributed by atoms with Gasteiger partial charge in [0.1, 0.15) is 17.8 Å². The minimum atomic E-state index is -0.479. The molecule has 0 saturated carbocycles. The molecule has 0 spiro atoms. The van der Waals surface area contributed by atoms with E-state index in [1.807, 2.05) is 39.1 Å². The Bertz CT molecular complexity index is 927. The van der Waals surface area contributed by atoms with Crippen LogP contribution in [0.25, 0.3) is 5.57 Å². The predicted octanol–water partition coefficient (Wildman–Crippen LogP) is 1.58. The van der Waals surface area contributed by atoms with Crippen molar-refractivity contribution in [3.63, 3.8) is 0 Å². The topological polar surface area (TPSA) is 121 Å². The molecule has 1 aliphatic carbocycles. The van der Waals surface area contributed by atoms with E-state index < -0.39 is 5.60 Å². The monoisotopic (exact) mass is 427 g/mol. The van der Waals surface area contributed by atoms with Gasteiger partial charge in [0.25, 0.3) is 0 Å². The van der Waals surface area contributed by atoms with E-state index in [0.717, 1.165) is 37.1 Å². The number of ether oxygens (including phenoxy) is 1. The van der Waals surface area contributed by atoms with Crippen LogP contribution in [0.15, 0.2) is 34.5 Å². The van der Waals surface area contributed by atoms with Crippen molar-refractivity contribution in [3.8, 4) is 0 Å². The maximum atomic E-state index is 12.0. The molecule has 31 heavy (non-hydrogen) atoms. The van der Waals surface area contributed by atoms with E-state index in [1.165, 1.54) is 0 Å². The lowest BCUT2D eigenvalue weighted by Crippen LogP contribution is -2.92. The summed E-state index contributed by atoms with van der Waals surface area (Å²) in [4.78, 5) is 18.3. The van der Waals surface area contributed by atoms with Gasteiger partial charge >= 0.3 is 6.09 Å². The van der Waals surface area contributed by atoms with Gasteiger partial charge in [-0.2, -0.15) is 4.98 Å². The average molecular weight is 428 g/mol. The number of nitrogens with two attached hydrogens (primary N) is 1. The summed E-state index contributed by atoms with van der Waals surface area (Å²) in [6, 6.07) is 0.274. The molecule has 2 fully saturated rings. The van der Waals surface area contributed by atoms with E-state index in [-0.39, 0.29) is 12.1 Å². The number of quaternary nitrogens is 1. The van der Waals surface area contributed by atoms with Gasteiger partial charge in [0.2, 0.25) is 11.7 Å². The second kappa shape index (κ2) is 8.76. The van der Waals surface area contributed by atoms with Crippen molar-refractivity contribution in [1.82, 2.24) is 20.4 Å². The van der Waals surface area contributed by atoms with Gasteiger partial charge in [-0.1, -0.05) is 11.2 Å². The second-order valence-electron chi connectivity index (χ2n) is 9.29. The summed E-state index contributed by atoms with van der Waals surface area (Å²) < 4.78 is 10.9. The largest absolute Gasteiger partial charge is 0.444 e. The van der Waals surface area contributed by atoms with Crippen LogP contribution in [-0.4, -0.2) is 64.7 Å². The van der Waals surface area contributed by atoms with Crippen LogP contribution in [-0.2, 0) is 4.74 Å². The van der Waals surface area contributed by atoms with Crippen molar-refractivity contribution in [1.29, 1.82) is 5.41 Å². The maximum Gasteiger partial charge on any atom is 0.410 e. The molecule has 0 aromatic carbocycles. The van der Waals surface area contributed by atoms with Crippen molar-refractivity contribution in [2.45, 2.75) is 51.2 Å². The number of piperidine rings is 1. The fourth-order valence-corrected chi connectivity index (χ4v) is 3.78. The van der Waals surface area contributed by atoms with Crippen molar-refractivity contribution in [2.75, 3.05) is 26.2 Å². The molecule has 1 amide bonds. The zero-order valence-corrected chi connectivity index (χ0v) is 18.4. The van der Waals surface area contributed by atoms with Crippen molar-refractivity contribution in [3.05, 3.63) is 41.7 Å². The smallest absolute Gasteiger partial charge is 0.410 e. The molecule has 1 aromatic rings. The number of nitrogens with one attached hydrogen (secondary N) is 2. The molecule has 0 unspecified atom stereocenters. The van der Waals surface area contributed by atoms with Crippen molar-refractivity contribution in [2.24, 2.45) is 0 Å². The van der Waals surface area contributed by atoms with Crippen LogP contribution < -0.4 is 10.6 Å². The number of allylic oxidation sites excluding steroid dienone is 5. The molecular formula is C22H31N6O3+. The highest BCUT2D eigenvalue weighted by Gasteiger charge is 2.35. The lowest BCUT2D eigenvalue weighted by atomic mass is 9.98. The minimum Gasteiger partial charge on any atom is -0.444 e. The van der Waals surface area contributed by atoms with Gasteiger partial charge in [-0.05, 0) is 58.9 Å². The third-order valence-corrected chi connectivity index (χ3v) is 5.55. The molecule has 166 valence electrons. The van der Waals surface area contributed by atoms with Crippen molar-refractivity contribution >= 4 is 17.4 Å². The number of amides is 1. The lowest BCUT2D eigenvalue weighted by Gasteiger charge is -2.37. The number of carbonyl (C=O) groups is 1. The molecule has 9 heteroatoms. The van der Waals surface area contributed by atoms with Gasteiger partial charge < -0.3 is 25.3 Å². The highest BCUT2D eigenvalue weighted by atomic mass is 16.6. The third-order valence-electron chi connectivity index (χ3n) is 5.55. The quantitative estimate of drug-likeness (QED) is 0.671. The molecule has 0 atom stereocenters. The van der Waals surface area contributed by atoms with Crippen LogP contribution in [0.2, 0.25) is 0 Å². The summed E-state index contributed by atoms with van der Waals surface area (Å²) in [5, 5.41) is 17.9. The molecule has 2 saturated heterocycles. The first-order valence-electron chi connectivity index (χ1n) is 10.8. The Labute approximate surface area is 182 Å². The third kappa shape index (κ3) is 5.29. The highest BCUT2D eigenvalue weighted by Crippen LogP contribution is 2.26. The van der Waals surface area contributed by atoms with Crippen molar-refractivity contribution < 1.29 is 19.4 Å². The maximum absolute atomic E-state index is 12.0. The van der Waals surface area contributed by atoms with E-state index in [4.69, 9.17) is 14.7 Å². The summed E-state index contributed by atoms with van der Waals surface area (Å²) in [5.41, 5.74) is 1.53. The molecule has 4 N–H and O–H groups in total. The number of hydrogen-bond acceptors (Lipinski definition) is 7. The molecular weight excluding hydrogens is 396 g/mol. The molecule has 0 radical (unpaired) electrons. The first kappa shape index (κ1) is 21.5. The SMILES string of the molecule is CC(C)(C)OC(=O)N1CC([NH2+]/C=C2/C=CC(c3noc(C4CCNCC4)n3)=CC2=N)C1. The zero-order chi connectivity index (χ0) is 22.0. The fourth-order valence-electron chi connectivity index (χ4n) is 3.78. The summed E-state index contributed by atoms with van der Waals surface area (Å²) in [7, 11) is 0. The summed E-state index contributed by atoms with van der Waals surface area (Å²) in [5.74, 6) is 1.53. The number of hydrogen-bond donors (Lipinski definition) is 3. The van der Waals surface area contributed by atoms with E-state index in [9.17, 15) is 4.79 Å². The first-order chi connectivity index (χ1) is 14.8. The Morgan fingerprint density at radius 2 is 2.06 bits per heavy atom. The van der Waals surface area contributed by atoms with Crippen LogP contribution in [0, 0.1) is 5.41 Å². The molecule has 9 nitrogen and oxygen atoms in total. The van der Waals surface area contributed by atoms with Crippen LogP contribution in [0.3, 0.4) is 0 Å². The van der Waals surface area contributed by atoms with E-state index in [2.05, 4.69) is 20.8 Å². The van der Waals surface area contributed by atoms with E-state index in [1.54, 1.807) is 11.0 Å². The van der Waals surface area contributed by atoms with Crippen LogP contribution >= 0.6 is 0 Å².